The smallest absolute Gasteiger partial charge is 0.0798 e. The Morgan fingerprint density at radius 2 is 2.06 bits per heavy atom. The van der Waals surface area contributed by atoms with Crippen molar-refractivity contribution in [1.82, 2.24) is 9.78 Å². The van der Waals surface area contributed by atoms with E-state index in [0.29, 0.717) is 0 Å². The highest BCUT2D eigenvalue weighted by atomic mass is 16.3. The molecule has 96 valence electrons. The SMILES string of the molecule is CCc1nn(CC2CCC2)c(CC)c1C(C)O. The van der Waals surface area contributed by atoms with Crippen LogP contribution in [-0.2, 0) is 19.4 Å². The lowest BCUT2D eigenvalue weighted by Gasteiger charge is -2.26. The van der Waals surface area contributed by atoms with Gasteiger partial charge < -0.3 is 5.11 Å². The highest BCUT2D eigenvalue weighted by molar-refractivity contribution is 5.28. The summed E-state index contributed by atoms with van der Waals surface area (Å²) in [5.41, 5.74) is 3.40. The topological polar surface area (TPSA) is 38.0 Å². The summed E-state index contributed by atoms with van der Waals surface area (Å²) >= 11 is 0. The van der Waals surface area contributed by atoms with E-state index in [9.17, 15) is 5.11 Å². The van der Waals surface area contributed by atoms with Gasteiger partial charge >= 0.3 is 0 Å². The van der Waals surface area contributed by atoms with Crippen LogP contribution in [0.2, 0.25) is 0 Å². The van der Waals surface area contributed by atoms with Gasteiger partial charge in [-0.25, -0.2) is 0 Å². The Kier molecular flexibility index (Phi) is 3.87. The standard InChI is InChI=1S/C14H24N2O/c1-4-12-14(10(3)17)13(5-2)16(15-12)9-11-7-6-8-11/h10-11,17H,4-9H2,1-3H3. The zero-order valence-electron chi connectivity index (χ0n) is 11.2. The molecule has 0 amide bonds. The second kappa shape index (κ2) is 5.21. The molecular weight excluding hydrogens is 212 g/mol. The van der Waals surface area contributed by atoms with Crippen molar-refractivity contribution in [3.05, 3.63) is 17.0 Å². The first-order valence-electron chi connectivity index (χ1n) is 6.93. The summed E-state index contributed by atoms with van der Waals surface area (Å²) in [6, 6.07) is 0. The van der Waals surface area contributed by atoms with E-state index in [1.54, 1.807) is 0 Å². The summed E-state index contributed by atoms with van der Waals surface area (Å²) in [7, 11) is 0. The van der Waals surface area contributed by atoms with Gasteiger partial charge in [0, 0.05) is 17.8 Å². The van der Waals surface area contributed by atoms with Crippen LogP contribution in [0.4, 0.5) is 0 Å². The van der Waals surface area contributed by atoms with Crippen molar-refractivity contribution >= 4 is 0 Å². The zero-order valence-corrected chi connectivity index (χ0v) is 11.2. The van der Waals surface area contributed by atoms with E-state index in [-0.39, 0.29) is 0 Å². The van der Waals surface area contributed by atoms with Crippen molar-refractivity contribution < 1.29 is 5.11 Å². The van der Waals surface area contributed by atoms with Crippen molar-refractivity contribution in [2.45, 2.75) is 65.5 Å². The molecule has 0 aliphatic heterocycles. The van der Waals surface area contributed by atoms with Crippen molar-refractivity contribution in [3.63, 3.8) is 0 Å². The molecule has 1 fully saturated rings. The summed E-state index contributed by atoms with van der Waals surface area (Å²) in [4.78, 5) is 0. The first-order chi connectivity index (χ1) is 8.17. The van der Waals surface area contributed by atoms with E-state index in [1.807, 2.05) is 6.92 Å². The van der Waals surface area contributed by atoms with Crippen LogP contribution in [0.15, 0.2) is 0 Å². The van der Waals surface area contributed by atoms with Crippen LogP contribution in [0.5, 0.6) is 0 Å². The van der Waals surface area contributed by atoms with E-state index in [0.717, 1.165) is 36.6 Å². The molecule has 0 aromatic carbocycles. The number of hydrogen-bond donors (Lipinski definition) is 1. The largest absolute Gasteiger partial charge is 0.389 e. The lowest BCUT2D eigenvalue weighted by Crippen LogP contribution is -2.20. The monoisotopic (exact) mass is 236 g/mol. The average Bonchev–Trinajstić information content (AvgIpc) is 2.61. The molecule has 3 nitrogen and oxygen atoms in total. The van der Waals surface area contributed by atoms with Crippen LogP contribution in [0.25, 0.3) is 0 Å². The van der Waals surface area contributed by atoms with Crippen LogP contribution < -0.4 is 0 Å². The molecule has 1 aromatic heterocycles. The predicted molar refractivity (Wildman–Crippen MR) is 69.0 cm³/mol. The quantitative estimate of drug-likeness (QED) is 0.853. The highest BCUT2D eigenvalue weighted by Crippen LogP contribution is 2.30. The van der Waals surface area contributed by atoms with Gasteiger partial charge in [0.2, 0.25) is 0 Å². The Morgan fingerprint density at radius 3 is 2.47 bits per heavy atom. The number of rotatable bonds is 5. The Bertz CT molecular complexity index is 378. The number of hydrogen-bond acceptors (Lipinski definition) is 2. The first-order valence-corrected chi connectivity index (χ1v) is 6.93. The molecule has 0 bridgehead atoms. The Balaban J connectivity index is 2.29. The molecule has 1 atom stereocenters. The molecule has 0 saturated heterocycles. The molecule has 2 rings (SSSR count). The maximum Gasteiger partial charge on any atom is 0.0798 e. The van der Waals surface area contributed by atoms with Crippen LogP contribution in [0.3, 0.4) is 0 Å². The van der Waals surface area contributed by atoms with E-state index in [1.165, 1.54) is 25.0 Å². The molecule has 3 heteroatoms. The minimum absolute atomic E-state index is 0.393. The molecule has 0 spiro atoms. The second-order valence-corrected chi connectivity index (χ2v) is 5.17. The summed E-state index contributed by atoms with van der Waals surface area (Å²) in [6.07, 6.45) is 5.53. The fourth-order valence-electron chi connectivity index (χ4n) is 2.75. The van der Waals surface area contributed by atoms with E-state index in [2.05, 4.69) is 18.5 Å². The third-order valence-electron chi connectivity index (χ3n) is 3.92. The number of nitrogens with zero attached hydrogens (tertiary/aromatic N) is 2. The molecule has 1 heterocycles. The maximum atomic E-state index is 9.91. The lowest BCUT2D eigenvalue weighted by molar-refractivity contribution is 0.196. The van der Waals surface area contributed by atoms with Gasteiger partial charge in [0.15, 0.2) is 0 Å². The summed E-state index contributed by atoms with van der Waals surface area (Å²) in [5, 5.41) is 14.6. The van der Waals surface area contributed by atoms with E-state index < -0.39 is 6.10 Å². The minimum Gasteiger partial charge on any atom is -0.389 e. The third-order valence-corrected chi connectivity index (χ3v) is 3.92. The molecule has 1 aliphatic rings. The number of aryl methyl sites for hydroxylation is 1. The van der Waals surface area contributed by atoms with Gasteiger partial charge in [0.05, 0.1) is 11.8 Å². The lowest BCUT2D eigenvalue weighted by atomic mass is 9.85. The molecule has 1 aromatic rings. The maximum absolute atomic E-state index is 9.91. The van der Waals surface area contributed by atoms with Crippen LogP contribution in [0, 0.1) is 5.92 Å². The second-order valence-electron chi connectivity index (χ2n) is 5.17. The Morgan fingerprint density at radius 1 is 1.35 bits per heavy atom. The molecule has 1 unspecified atom stereocenters. The van der Waals surface area contributed by atoms with Crippen LogP contribution in [-0.4, -0.2) is 14.9 Å². The normalized spacial score (nSPS) is 18.1. The van der Waals surface area contributed by atoms with Crippen LogP contribution >= 0.6 is 0 Å². The zero-order chi connectivity index (χ0) is 12.4. The Labute approximate surface area is 104 Å². The van der Waals surface area contributed by atoms with Gasteiger partial charge in [0.25, 0.3) is 0 Å². The van der Waals surface area contributed by atoms with Gasteiger partial charge in [-0.05, 0) is 38.5 Å². The van der Waals surface area contributed by atoms with Crippen molar-refractivity contribution in [2.75, 3.05) is 0 Å². The number of aromatic nitrogens is 2. The Hall–Kier alpha value is -0.830. The van der Waals surface area contributed by atoms with Gasteiger partial charge in [-0.3, -0.25) is 4.68 Å². The van der Waals surface area contributed by atoms with E-state index in [4.69, 9.17) is 5.10 Å². The minimum atomic E-state index is -0.393. The number of aliphatic hydroxyl groups excluding tert-OH is 1. The van der Waals surface area contributed by atoms with Gasteiger partial charge in [-0.2, -0.15) is 5.10 Å². The fraction of sp³-hybridized carbons (Fsp3) is 0.786. The molecule has 1 aliphatic carbocycles. The first kappa shape index (κ1) is 12.6. The molecular formula is C14H24N2O. The van der Waals surface area contributed by atoms with Crippen molar-refractivity contribution in [2.24, 2.45) is 5.92 Å². The average molecular weight is 236 g/mol. The molecule has 17 heavy (non-hydrogen) atoms. The van der Waals surface area contributed by atoms with Gasteiger partial charge in [-0.1, -0.05) is 20.3 Å². The summed E-state index contributed by atoms with van der Waals surface area (Å²) < 4.78 is 2.16. The molecule has 1 saturated carbocycles. The van der Waals surface area contributed by atoms with Crippen molar-refractivity contribution in [3.8, 4) is 0 Å². The molecule has 0 radical (unpaired) electrons. The van der Waals surface area contributed by atoms with Gasteiger partial charge in [0.1, 0.15) is 0 Å². The highest BCUT2D eigenvalue weighted by Gasteiger charge is 2.23. The number of aliphatic hydroxyl groups is 1. The summed E-state index contributed by atoms with van der Waals surface area (Å²) in [5.74, 6) is 0.812. The van der Waals surface area contributed by atoms with E-state index >= 15 is 0 Å². The van der Waals surface area contributed by atoms with Crippen LogP contribution in [0.1, 0.15) is 63.1 Å². The van der Waals surface area contributed by atoms with Gasteiger partial charge in [-0.15, -0.1) is 0 Å². The third kappa shape index (κ3) is 2.39. The summed E-state index contributed by atoms with van der Waals surface area (Å²) in [6.45, 7) is 7.16. The fourth-order valence-corrected chi connectivity index (χ4v) is 2.75. The molecule has 1 N–H and O–H groups in total. The predicted octanol–water partition coefficient (Wildman–Crippen LogP) is 2.86. The van der Waals surface area contributed by atoms with Crippen molar-refractivity contribution in [1.29, 1.82) is 0 Å².